The van der Waals surface area contributed by atoms with Crippen LogP contribution >= 0.6 is 0 Å². The van der Waals surface area contributed by atoms with Crippen LogP contribution in [0.4, 0.5) is 0 Å². The molecule has 4 aromatic rings. The minimum Gasteiger partial charge on any atom is -0.497 e. The van der Waals surface area contributed by atoms with Crippen molar-refractivity contribution in [2.24, 2.45) is 0 Å². The van der Waals surface area contributed by atoms with Gasteiger partial charge < -0.3 is 15.0 Å². The van der Waals surface area contributed by atoms with Crippen molar-refractivity contribution in [3.63, 3.8) is 0 Å². The van der Waals surface area contributed by atoms with Crippen LogP contribution in [-0.2, 0) is 6.42 Å². The lowest BCUT2D eigenvalue weighted by atomic mass is 10.1. The topological polar surface area (TPSA) is 95.7 Å². The number of H-pyrrole nitrogens is 2. The highest BCUT2D eigenvalue weighted by atomic mass is 16.5. The number of amides is 1. The van der Waals surface area contributed by atoms with Crippen molar-refractivity contribution in [3.8, 4) is 5.75 Å². The van der Waals surface area contributed by atoms with Gasteiger partial charge in [-0.2, -0.15) is 15.4 Å². The second-order valence-corrected chi connectivity index (χ2v) is 5.76. The average molecular weight is 335 g/mol. The van der Waals surface area contributed by atoms with Crippen molar-refractivity contribution < 1.29 is 9.53 Å². The molecule has 0 spiro atoms. The number of ether oxygens (including phenoxy) is 1. The van der Waals surface area contributed by atoms with Gasteiger partial charge in [0.05, 0.1) is 7.11 Å². The molecule has 0 radical (unpaired) electrons. The number of methoxy groups -OCH3 is 1. The lowest BCUT2D eigenvalue weighted by molar-refractivity contribution is 0.0954. The number of nitrogens with zero attached hydrogens (tertiary/aromatic N) is 2. The van der Waals surface area contributed by atoms with Crippen LogP contribution in [-0.4, -0.2) is 40.0 Å². The lowest BCUT2D eigenvalue weighted by Gasteiger charge is -2.05. The molecule has 0 aliphatic carbocycles. The van der Waals surface area contributed by atoms with Gasteiger partial charge in [-0.3, -0.25) is 4.79 Å². The first-order chi connectivity index (χ1) is 12.2. The van der Waals surface area contributed by atoms with Gasteiger partial charge in [-0.25, -0.2) is 0 Å². The van der Waals surface area contributed by atoms with Gasteiger partial charge in [-0.05, 0) is 48.4 Å². The normalized spacial score (nSPS) is 11.1. The number of carbonyl (C=O) groups is 1. The fraction of sp³-hybridized carbons (Fsp3) is 0.167. The van der Waals surface area contributed by atoms with E-state index in [1.165, 1.54) is 0 Å². The highest BCUT2D eigenvalue weighted by Crippen LogP contribution is 2.23. The number of hydrogen-bond acceptors (Lipinski definition) is 4. The van der Waals surface area contributed by atoms with E-state index >= 15 is 0 Å². The van der Waals surface area contributed by atoms with Crippen LogP contribution in [0.1, 0.15) is 15.9 Å². The molecule has 0 fully saturated rings. The van der Waals surface area contributed by atoms with Crippen LogP contribution in [0.15, 0.2) is 42.6 Å². The van der Waals surface area contributed by atoms with Gasteiger partial charge in [0, 0.05) is 29.2 Å². The number of benzene rings is 2. The van der Waals surface area contributed by atoms with Gasteiger partial charge in [0.1, 0.15) is 16.8 Å². The average Bonchev–Trinajstić information content (AvgIpc) is 3.27. The number of nitrogens with one attached hydrogen (secondary N) is 3. The molecular weight excluding hydrogens is 318 g/mol. The van der Waals surface area contributed by atoms with Gasteiger partial charge >= 0.3 is 0 Å². The zero-order valence-electron chi connectivity index (χ0n) is 13.7. The molecule has 126 valence electrons. The van der Waals surface area contributed by atoms with Crippen molar-refractivity contribution >= 4 is 27.8 Å². The second-order valence-electron chi connectivity index (χ2n) is 5.76. The zero-order chi connectivity index (χ0) is 17.2. The SMILES string of the molecule is COc1ccc2[nH]cc(CCNC(=O)c3ccc4n[nH]nc4c3)c2c1. The molecule has 25 heavy (non-hydrogen) atoms. The first-order valence-electron chi connectivity index (χ1n) is 7.97. The predicted molar refractivity (Wildman–Crippen MR) is 94.8 cm³/mol. The molecule has 2 heterocycles. The maximum Gasteiger partial charge on any atom is 0.251 e. The van der Waals surface area contributed by atoms with E-state index in [0.29, 0.717) is 17.6 Å². The van der Waals surface area contributed by atoms with Crippen molar-refractivity contribution in [1.82, 2.24) is 25.7 Å². The Bertz CT molecular complexity index is 1050. The molecule has 0 saturated heterocycles. The van der Waals surface area contributed by atoms with Crippen molar-refractivity contribution in [2.45, 2.75) is 6.42 Å². The summed E-state index contributed by atoms with van der Waals surface area (Å²) < 4.78 is 5.28. The number of aromatic nitrogens is 4. The zero-order valence-corrected chi connectivity index (χ0v) is 13.7. The summed E-state index contributed by atoms with van der Waals surface area (Å²) in [6, 6.07) is 11.2. The summed E-state index contributed by atoms with van der Waals surface area (Å²) in [5.74, 6) is 0.695. The summed E-state index contributed by atoms with van der Waals surface area (Å²) in [6.45, 7) is 0.542. The fourth-order valence-electron chi connectivity index (χ4n) is 2.89. The summed E-state index contributed by atoms with van der Waals surface area (Å²) in [4.78, 5) is 15.5. The number of aromatic amines is 2. The van der Waals surface area contributed by atoms with Crippen molar-refractivity contribution in [3.05, 3.63) is 53.7 Å². The van der Waals surface area contributed by atoms with E-state index in [1.54, 1.807) is 25.3 Å². The van der Waals surface area contributed by atoms with Gasteiger partial charge in [0.15, 0.2) is 0 Å². The standard InChI is InChI=1S/C18H17N5O2/c1-25-13-3-5-15-14(9-13)12(10-20-15)6-7-19-18(24)11-2-4-16-17(8-11)22-23-21-16/h2-5,8-10,20H,6-7H2,1H3,(H,19,24)(H,21,22,23). The molecule has 1 amide bonds. The Balaban J connectivity index is 1.44. The monoisotopic (exact) mass is 335 g/mol. The molecule has 0 unspecified atom stereocenters. The van der Waals surface area contributed by atoms with E-state index in [1.807, 2.05) is 24.4 Å². The molecule has 0 atom stereocenters. The quantitative estimate of drug-likeness (QED) is 0.522. The van der Waals surface area contributed by atoms with Gasteiger partial charge in [0.2, 0.25) is 0 Å². The van der Waals surface area contributed by atoms with E-state index in [2.05, 4.69) is 25.7 Å². The molecule has 7 heteroatoms. The third-order valence-electron chi connectivity index (χ3n) is 4.23. The molecule has 0 aliphatic rings. The largest absolute Gasteiger partial charge is 0.497 e. The third kappa shape index (κ3) is 2.91. The molecule has 4 rings (SSSR count). The number of hydrogen-bond donors (Lipinski definition) is 3. The van der Waals surface area contributed by atoms with Crippen LogP contribution in [0.25, 0.3) is 21.9 Å². The highest BCUT2D eigenvalue weighted by molar-refractivity contribution is 5.97. The van der Waals surface area contributed by atoms with Crippen molar-refractivity contribution in [2.75, 3.05) is 13.7 Å². The maximum atomic E-state index is 12.3. The highest BCUT2D eigenvalue weighted by Gasteiger charge is 2.09. The third-order valence-corrected chi connectivity index (χ3v) is 4.23. The lowest BCUT2D eigenvalue weighted by Crippen LogP contribution is -2.25. The molecule has 2 aromatic heterocycles. The smallest absolute Gasteiger partial charge is 0.251 e. The summed E-state index contributed by atoms with van der Waals surface area (Å²) in [5.41, 5.74) is 4.18. The minimum absolute atomic E-state index is 0.123. The Hall–Kier alpha value is -3.35. The number of fused-ring (bicyclic) bond motifs is 2. The molecule has 0 aliphatic heterocycles. The molecule has 2 aromatic carbocycles. The second kappa shape index (κ2) is 6.27. The van der Waals surface area contributed by atoms with E-state index in [9.17, 15) is 4.79 Å². The Labute approximate surface area is 143 Å². The van der Waals surface area contributed by atoms with Gasteiger partial charge in [0.25, 0.3) is 5.91 Å². The van der Waals surface area contributed by atoms with Crippen LogP contribution < -0.4 is 10.1 Å². The van der Waals surface area contributed by atoms with E-state index in [0.717, 1.165) is 34.2 Å². The summed E-state index contributed by atoms with van der Waals surface area (Å²) in [5, 5.41) is 14.6. The van der Waals surface area contributed by atoms with Gasteiger partial charge in [-0.15, -0.1) is 0 Å². The summed E-state index contributed by atoms with van der Waals surface area (Å²) >= 11 is 0. The van der Waals surface area contributed by atoms with E-state index in [-0.39, 0.29) is 5.91 Å². The fourth-order valence-corrected chi connectivity index (χ4v) is 2.89. The predicted octanol–water partition coefficient (Wildman–Crippen LogP) is 2.42. The van der Waals surface area contributed by atoms with Crippen LogP contribution in [0.5, 0.6) is 5.75 Å². The molecule has 7 nitrogen and oxygen atoms in total. The van der Waals surface area contributed by atoms with Crippen molar-refractivity contribution in [1.29, 1.82) is 0 Å². The maximum absolute atomic E-state index is 12.3. The summed E-state index contributed by atoms with van der Waals surface area (Å²) in [6.07, 6.45) is 2.70. The molecular formula is C18H17N5O2. The Kier molecular flexibility index (Phi) is 3.81. The molecule has 0 saturated carbocycles. The van der Waals surface area contributed by atoms with Gasteiger partial charge in [-0.1, -0.05) is 0 Å². The van der Waals surface area contributed by atoms with Crippen LogP contribution in [0, 0.1) is 0 Å². The molecule has 0 bridgehead atoms. The minimum atomic E-state index is -0.123. The van der Waals surface area contributed by atoms with Crippen LogP contribution in [0.3, 0.4) is 0 Å². The van der Waals surface area contributed by atoms with Crippen LogP contribution in [0.2, 0.25) is 0 Å². The Morgan fingerprint density at radius 3 is 2.92 bits per heavy atom. The molecule has 3 N–H and O–H groups in total. The Morgan fingerprint density at radius 2 is 2.04 bits per heavy atom. The van der Waals surface area contributed by atoms with E-state index in [4.69, 9.17) is 4.74 Å². The number of carbonyl (C=O) groups excluding carboxylic acids is 1. The number of rotatable bonds is 5. The first kappa shape index (κ1) is 15.2. The van der Waals surface area contributed by atoms with E-state index < -0.39 is 0 Å². The summed E-state index contributed by atoms with van der Waals surface area (Å²) in [7, 11) is 1.65. The Morgan fingerprint density at radius 1 is 1.16 bits per heavy atom. The first-order valence-corrected chi connectivity index (χ1v) is 7.97.